The van der Waals surface area contributed by atoms with Gasteiger partial charge >= 0.3 is 6.03 Å². The minimum Gasteiger partial charge on any atom is -0.354 e. The van der Waals surface area contributed by atoms with Crippen molar-refractivity contribution in [1.29, 1.82) is 0 Å². The third-order valence-electron chi connectivity index (χ3n) is 6.44. The Balaban J connectivity index is 1.29. The van der Waals surface area contributed by atoms with Gasteiger partial charge in [0.1, 0.15) is 5.82 Å². The summed E-state index contributed by atoms with van der Waals surface area (Å²) in [4.78, 5) is 21.3. The van der Waals surface area contributed by atoms with Gasteiger partial charge in [-0.1, -0.05) is 49.2 Å². The van der Waals surface area contributed by atoms with Crippen LogP contribution >= 0.6 is 0 Å². The van der Waals surface area contributed by atoms with Gasteiger partial charge in [-0.3, -0.25) is 0 Å². The molecule has 2 amide bonds. The molecule has 0 spiro atoms. The quantitative estimate of drug-likeness (QED) is 0.700. The zero-order chi connectivity index (χ0) is 23.1. The number of likely N-dealkylation sites (tertiary alicyclic amines) is 1. The molecule has 8 nitrogen and oxygen atoms in total. The standard InChI is InChI=1S/C24H33N5O3S/c30-24(29-15-8-2-5-11-22(29)21-9-3-1-4-10-21)26-14-20-33(31,32)28-18-16-27(17-19-28)23-12-6-7-13-25-23/h1,3-4,6-7,9-10,12-13,22H,2,5,8,11,14-20H2,(H,26,30). The number of hydrogen-bond donors (Lipinski definition) is 1. The molecule has 2 fully saturated rings. The monoisotopic (exact) mass is 471 g/mol. The van der Waals surface area contributed by atoms with Gasteiger partial charge < -0.3 is 15.1 Å². The van der Waals surface area contributed by atoms with Crippen molar-refractivity contribution in [2.45, 2.75) is 31.7 Å². The first-order valence-electron chi connectivity index (χ1n) is 11.8. The predicted octanol–water partition coefficient (Wildman–Crippen LogP) is 2.86. The summed E-state index contributed by atoms with van der Waals surface area (Å²) in [6, 6.07) is 15.7. The van der Waals surface area contributed by atoms with Gasteiger partial charge in [-0.2, -0.15) is 4.31 Å². The number of urea groups is 1. The van der Waals surface area contributed by atoms with Gasteiger partial charge in [0.15, 0.2) is 0 Å². The number of pyridine rings is 1. The number of amides is 2. The maximum absolute atomic E-state index is 13.0. The summed E-state index contributed by atoms with van der Waals surface area (Å²) in [5.74, 6) is 0.777. The van der Waals surface area contributed by atoms with Crippen molar-refractivity contribution in [2.75, 3.05) is 49.9 Å². The molecule has 1 aromatic carbocycles. The van der Waals surface area contributed by atoms with Gasteiger partial charge in [-0.15, -0.1) is 0 Å². The second-order valence-electron chi connectivity index (χ2n) is 8.59. The number of sulfonamides is 1. The normalized spacial score (nSPS) is 20.3. The molecule has 9 heteroatoms. The van der Waals surface area contributed by atoms with Gasteiger partial charge in [0.2, 0.25) is 10.0 Å². The topological polar surface area (TPSA) is 85.8 Å². The molecule has 2 aromatic rings. The maximum atomic E-state index is 13.0. The molecule has 1 N–H and O–H groups in total. The fraction of sp³-hybridized carbons (Fsp3) is 0.500. The van der Waals surface area contributed by atoms with Crippen molar-refractivity contribution in [3.8, 4) is 0 Å². The second-order valence-corrected chi connectivity index (χ2v) is 10.7. The molecular weight excluding hydrogens is 438 g/mol. The van der Waals surface area contributed by atoms with Crippen LogP contribution in [0.25, 0.3) is 0 Å². The van der Waals surface area contributed by atoms with Crippen LogP contribution in [0, 0.1) is 0 Å². The molecule has 0 saturated carbocycles. The SMILES string of the molecule is O=C(NCCS(=O)(=O)N1CCN(c2ccccn2)CC1)N1CCCCCC1c1ccccc1. The van der Waals surface area contributed by atoms with E-state index in [2.05, 4.69) is 27.3 Å². The number of anilines is 1. The zero-order valence-corrected chi connectivity index (χ0v) is 19.8. The summed E-state index contributed by atoms with van der Waals surface area (Å²) in [7, 11) is -3.44. The van der Waals surface area contributed by atoms with Crippen LogP contribution in [0.1, 0.15) is 37.3 Å². The van der Waals surface area contributed by atoms with E-state index in [-0.39, 0.29) is 24.4 Å². The molecule has 0 radical (unpaired) electrons. The molecule has 2 aliphatic rings. The Labute approximate surface area is 196 Å². The van der Waals surface area contributed by atoms with E-state index in [0.29, 0.717) is 32.7 Å². The maximum Gasteiger partial charge on any atom is 0.317 e. The van der Waals surface area contributed by atoms with E-state index in [1.165, 1.54) is 4.31 Å². The number of hydrogen-bond acceptors (Lipinski definition) is 5. The molecule has 0 aliphatic carbocycles. The second kappa shape index (κ2) is 11.0. The fourth-order valence-electron chi connectivity index (χ4n) is 4.63. The van der Waals surface area contributed by atoms with Crippen LogP contribution < -0.4 is 10.2 Å². The predicted molar refractivity (Wildman–Crippen MR) is 130 cm³/mol. The van der Waals surface area contributed by atoms with Crippen molar-refractivity contribution in [1.82, 2.24) is 19.5 Å². The lowest BCUT2D eigenvalue weighted by Crippen LogP contribution is -2.51. The van der Waals surface area contributed by atoms with E-state index in [4.69, 9.17) is 0 Å². The smallest absolute Gasteiger partial charge is 0.317 e. The number of rotatable bonds is 6. The third kappa shape index (κ3) is 6.03. The zero-order valence-electron chi connectivity index (χ0n) is 19.0. The Kier molecular flexibility index (Phi) is 7.82. The van der Waals surface area contributed by atoms with E-state index in [0.717, 1.165) is 37.1 Å². The fourth-order valence-corrected chi connectivity index (χ4v) is 5.96. The number of nitrogens with zero attached hydrogens (tertiary/aromatic N) is 4. The van der Waals surface area contributed by atoms with Crippen molar-refractivity contribution >= 4 is 21.9 Å². The number of carbonyl (C=O) groups is 1. The molecule has 178 valence electrons. The largest absolute Gasteiger partial charge is 0.354 e. The minimum atomic E-state index is -3.44. The number of piperazine rings is 1. The molecule has 3 heterocycles. The molecule has 33 heavy (non-hydrogen) atoms. The lowest BCUT2D eigenvalue weighted by molar-refractivity contribution is 0.176. The Morgan fingerprint density at radius 1 is 0.939 bits per heavy atom. The van der Waals surface area contributed by atoms with E-state index in [1.807, 2.05) is 41.3 Å². The highest BCUT2D eigenvalue weighted by molar-refractivity contribution is 7.89. The molecule has 1 unspecified atom stereocenters. The highest BCUT2D eigenvalue weighted by atomic mass is 32.2. The van der Waals surface area contributed by atoms with Gasteiger partial charge in [-0.05, 0) is 30.5 Å². The molecule has 4 rings (SSSR count). The van der Waals surface area contributed by atoms with Crippen LogP contribution in [0.15, 0.2) is 54.7 Å². The van der Waals surface area contributed by atoms with Crippen LogP contribution in [0.5, 0.6) is 0 Å². The van der Waals surface area contributed by atoms with Crippen LogP contribution in [0.4, 0.5) is 10.6 Å². The van der Waals surface area contributed by atoms with E-state index in [1.54, 1.807) is 6.20 Å². The molecule has 2 aliphatic heterocycles. The highest BCUT2D eigenvalue weighted by Gasteiger charge is 2.29. The van der Waals surface area contributed by atoms with E-state index in [9.17, 15) is 13.2 Å². The Morgan fingerprint density at radius 3 is 2.42 bits per heavy atom. The lowest BCUT2D eigenvalue weighted by Gasteiger charge is -2.34. The first-order valence-corrected chi connectivity index (χ1v) is 13.4. The summed E-state index contributed by atoms with van der Waals surface area (Å²) >= 11 is 0. The average molecular weight is 472 g/mol. The van der Waals surface area contributed by atoms with Crippen LogP contribution in [-0.4, -0.2) is 73.7 Å². The molecule has 1 atom stereocenters. The van der Waals surface area contributed by atoms with Crippen molar-refractivity contribution < 1.29 is 13.2 Å². The van der Waals surface area contributed by atoms with Gasteiger partial charge in [-0.25, -0.2) is 18.2 Å². The van der Waals surface area contributed by atoms with Crippen LogP contribution in [0.3, 0.4) is 0 Å². The number of nitrogens with one attached hydrogen (secondary N) is 1. The summed E-state index contributed by atoms with van der Waals surface area (Å²) in [5, 5.41) is 2.87. The Bertz CT molecular complexity index is 995. The highest BCUT2D eigenvalue weighted by Crippen LogP contribution is 2.30. The number of carbonyl (C=O) groups excluding carboxylic acids is 1. The third-order valence-corrected chi connectivity index (χ3v) is 8.31. The van der Waals surface area contributed by atoms with E-state index >= 15 is 0 Å². The summed E-state index contributed by atoms with van der Waals surface area (Å²) in [6.07, 6.45) is 5.83. The van der Waals surface area contributed by atoms with Crippen molar-refractivity contribution in [3.63, 3.8) is 0 Å². The number of aromatic nitrogens is 1. The van der Waals surface area contributed by atoms with Crippen molar-refractivity contribution in [2.24, 2.45) is 0 Å². The van der Waals surface area contributed by atoms with Crippen molar-refractivity contribution in [3.05, 3.63) is 60.3 Å². The first-order chi connectivity index (χ1) is 16.0. The minimum absolute atomic E-state index is 0.0324. The summed E-state index contributed by atoms with van der Waals surface area (Å²) in [5.41, 5.74) is 1.13. The van der Waals surface area contributed by atoms with Gasteiger partial charge in [0.25, 0.3) is 0 Å². The average Bonchev–Trinajstić information content (AvgIpc) is 3.11. The molecule has 0 bridgehead atoms. The van der Waals surface area contributed by atoms with Gasteiger partial charge in [0.05, 0.1) is 11.8 Å². The summed E-state index contributed by atoms with van der Waals surface area (Å²) in [6.45, 7) is 2.86. The van der Waals surface area contributed by atoms with Gasteiger partial charge in [0, 0.05) is 45.5 Å². The Hall–Kier alpha value is -2.65. The molecule has 2 saturated heterocycles. The molecular formula is C24H33N5O3S. The Morgan fingerprint density at radius 2 is 1.70 bits per heavy atom. The molecule has 1 aromatic heterocycles. The number of benzene rings is 1. The van der Waals surface area contributed by atoms with Crippen LogP contribution in [0.2, 0.25) is 0 Å². The van der Waals surface area contributed by atoms with Crippen LogP contribution in [-0.2, 0) is 10.0 Å². The summed E-state index contributed by atoms with van der Waals surface area (Å²) < 4.78 is 27.2. The first kappa shape index (κ1) is 23.5. The van der Waals surface area contributed by atoms with E-state index < -0.39 is 10.0 Å². The lowest BCUT2D eigenvalue weighted by atomic mass is 10.0.